The molecule has 1 fully saturated rings. The summed E-state index contributed by atoms with van der Waals surface area (Å²) in [6.07, 6.45) is 8.34. The largest absolute Gasteiger partial charge is 0.317 e. The molecule has 15 heavy (non-hydrogen) atoms. The number of rotatable bonds is 6. The van der Waals surface area contributed by atoms with Crippen LogP contribution in [-0.4, -0.2) is 13.1 Å². The minimum absolute atomic E-state index is 0.734. The molecular weight excluding hydrogens is 202 g/mol. The van der Waals surface area contributed by atoms with Crippen LogP contribution >= 0.6 is 11.3 Å². The van der Waals surface area contributed by atoms with Crippen molar-refractivity contribution in [2.75, 3.05) is 7.05 Å². The Morgan fingerprint density at radius 3 is 2.93 bits per heavy atom. The van der Waals surface area contributed by atoms with Gasteiger partial charge in [-0.2, -0.15) is 0 Å². The van der Waals surface area contributed by atoms with E-state index in [0.29, 0.717) is 0 Å². The predicted molar refractivity (Wildman–Crippen MR) is 67.4 cm³/mol. The first kappa shape index (κ1) is 11.2. The second-order valence-electron chi connectivity index (χ2n) is 4.64. The van der Waals surface area contributed by atoms with E-state index < -0.39 is 0 Å². The first-order chi connectivity index (χ1) is 7.38. The number of nitrogens with one attached hydrogen (secondary N) is 1. The van der Waals surface area contributed by atoms with Crippen LogP contribution in [0.5, 0.6) is 0 Å². The molecule has 0 amide bonds. The summed E-state index contributed by atoms with van der Waals surface area (Å²) in [6.45, 7) is 0. The lowest BCUT2D eigenvalue weighted by Crippen LogP contribution is -2.30. The molecule has 1 aliphatic carbocycles. The lowest BCUT2D eigenvalue weighted by molar-refractivity contribution is 0.259. The fourth-order valence-corrected chi connectivity index (χ4v) is 3.01. The minimum Gasteiger partial charge on any atom is -0.317 e. The van der Waals surface area contributed by atoms with Crippen LogP contribution in [0.4, 0.5) is 0 Å². The molecule has 0 saturated heterocycles. The van der Waals surface area contributed by atoms with E-state index in [2.05, 4.69) is 29.9 Å². The molecule has 0 radical (unpaired) electrons. The number of thiophene rings is 1. The van der Waals surface area contributed by atoms with E-state index in [4.69, 9.17) is 0 Å². The standard InChI is InChI=1S/C13H21NS/c1-14-12(10-11-4-2-5-11)7-8-13-6-3-9-15-13/h3,6,9,11-12,14H,2,4-5,7-8,10H2,1H3. The zero-order valence-corrected chi connectivity index (χ0v) is 10.4. The highest BCUT2D eigenvalue weighted by Gasteiger charge is 2.21. The highest BCUT2D eigenvalue weighted by atomic mass is 32.1. The predicted octanol–water partition coefficient (Wildman–Crippen LogP) is 3.46. The molecule has 84 valence electrons. The molecule has 0 aliphatic heterocycles. The molecule has 2 heteroatoms. The van der Waals surface area contributed by atoms with Gasteiger partial charge in [0.25, 0.3) is 0 Å². The summed E-state index contributed by atoms with van der Waals surface area (Å²) in [6, 6.07) is 5.14. The van der Waals surface area contributed by atoms with Gasteiger partial charge in [0, 0.05) is 10.9 Å². The van der Waals surface area contributed by atoms with Crippen LogP contribution in [0.15, 0.2) is 17.5 Å². The molecule has 1 unspecified atom stereocenters. The van der Waals surface area contributed by atoms with Gasteiger partial charge < -0.3 is 5.32 Å². The monoisotopic (exact) mass is 223 g/mol. The lowest BCUT2D eigenvalue weighted by Gasteiger charge is -2.29. The van der Waals surface area contributed by atoms with E-state index in [-0.39, 0.29) is 0 Å². The normalized spacial score (nSPS) is 18.7. The van der Waals surface area contributed by atoms with Crippen LogP contribution in [0.25, 0.3) is 0 Å². The lowest BCUT2D eigenvalue weighted by atomic mass is 9.80. The summed E-state index contributed by atoms with van der Waals surface area (Å²) < 4.78 is 0. The second kappa shape index (κ2) is 5.66. The quantitative estimate of drug-likeness (QED) is 0.779. The van der Waals surface area contributed by atoms with Gasteiger partial charge in [0.2, 0.25) is 0 Å². The van der Waals surface area contributed by atoms with E-state index in [1.165, 1.54) is 43.4 Å². The van der Waals surface area contributed by atoms with Crippen LogP contribution in [0.2, 0.25) is 0 Å². The Bertz CT molecular complexity index is 264. The van der Waals surface area contributed by atoms with Gasteiger partial charge in [0.15, 0.2) is 0 Å². The molecule has 1 aromatic rings. The van der Waals surface area contributed by atoms with Crippen molar-refractivity contribution in [1.29, 1.82) is 0 Å². The van der Waals surface area contributed by atoms with E-state index in [9.17, 15) is 0 Å². The first-order valence-corrected chi connectivity index (χ1v) is 6.96. The van der Waals surface area contributed by atoms with Gasteiger partial charge in [-0.1, -0.05) is 25.3 Å². The van der Waals surface area contributed by atoms with Crippen LogP contribution in [0.3, 0.4) is 0 Å². The Kier molecular flexibility index (Phi) is 4.21. The summed E-state index contributed by atoms with van der Waals surface area (Å²) in [5.41, 5.74) is 0. The number of hydrogen-bond acceptors (Lipinski definition) is 2. The van der Waals surface area contributed by atoms with E-state index in [1.807, 2.05) is 11.3 Å². The molecule has 0 bridgehead atoms. The van der Waals surface area contributed by atoms with Crippen LogP contribution in [0, 0.1) is 5.92 Å². The van der Waals surface area contributed by atoms with Crippen LogP contribution in [0.1, 0.15) is 37.0 Å². The van der Waals surface area contributed by atoms with Gasteiger partial charge in [0.05, 0.1) is 0 Å². The fourth-order valence-electron chi connectivity index (χ4n) is 2.28. The van der Waals surface area contributed by atoms with Crippen LogP contribution in [-0.2, 0) is 6.42 Å². The zero-order valence-electron chi connectivity index (χ0n) is 9.54. The van der Waals surface area contributed by atoms with E-state index >= 15 is 0 Å². The van der Waals surface area contributed by atoms with Gasteiger partial charge in [-0.15, -0.1) is 11.3 Å². The summed E-state index contributed by atoms with van der Waals surface area (Å²) in [5, 5.41) is 5.64. The number of hydrogen-bond donors (Lipinski definition) is 1. The molecule has 1 aliphatic rings. The van der Waals surface area contributed by atoms with E-state index in [0.717, 1.165) is 12.0 Å². The molecule has 1 heterocycles. The number of aryl methyl sites for hydroxylation is 1. The van der Waals surface area contributed by atoms with Crippen molar-refractivity contribution >= 4 is 11.3 Å². The molecular formula is C13H21NS. The maximum absolute atomic E-state index is 3.47. The van der Waals surface area contributed by atoms with Gasteiger partial charge in [0.1, 0.15) is 0 Å². The Morgan fingerprint density at radius 1 is 1.53 bits per heavy atom. The van der Waals surface area contributed by atoms with Crippen molar-refractivity contribution in [3.05, 3.63) is 22.4 Å². The molecule has 0 aromatic carbocycles. The van der Waals surface area contributed by atoms with Crippen molar-refractivity contribution in [3.63, 3.8) is 0 Å². The maximum atomic E-state index is 3.47. The zero-order chi connectivity index (χ0) is 10.5. The van der Waals surface area contributed by atoms with Gasteiger partial charge >= 0.3 is 0 Å². The third-order valence-electron chi connectivity index (χ3n) is 3.57. The third kappa shape index (κ3) is 3.32. The molecule has 1 atom stereocenters. The topological polar surface area (TPSA) is 12.0 Å². The molecule has 1 N–H and O–H groups in total. The first-order valence-electron chi connectivity index (χ1n) is 6.08. The Balaban J connectivity index is 1.70. The Morgan fingerprint density at radius 2 is 2.40 bits per heavy atom. The van der Waals surface area contributed by atoms with E-state index in [1.54, 1.807) is 0 Å². The molecule has 0 spiro atoms. The Labute approximate surface area is 96.9 Å². The van der Waals surface area contributed by atoms with Gasteiger partial charge in [-0.05, 0) is 43.7 Å². The van der Waals surface area contributed by atoms with Crippen molar-refractivity contribution in [2.24, 2.45) is 5.92 Å². The fraction of sp³-hybridized carbons (Fsp3) is 0.692. The summed E-state index contributed by atoms with van der Waals surface area (Å²) in [7, 11) is 2.11. The molecule has 1 nitrogen and oxygen atoms in total. The summed E-state index contributed by atoms with van der Waals surface area (Å²) in [5.74, 6) is 1.02. The van der Waals surface area contributed by atoms with Crippen molar-refractivity contribution in [1.82, 2.24) is 5.32 Å². The van der Waals surface area contributed by atoms with Crippen molar-refractivity contribution in [2.45, 2.75) is 44.6 Å². The van der Waals surface area contributed by atoms with Crippen molar-refractivity contribution < 1.29 is 0 Å². The summed E-state index contributed by atoms with van der Waals surface area (Å²) >= 11 is 1.89. The van der Waals surface area contributed by atoms with Gasteiger partial charge in [-0.25, -0.2) is 0 Å². The molecule has 1 aromatic heterocycles. The average Bonchev–Trinajstić information content (AvgIpc) is 2.68. The highest BCUT2D eigenvalue weighted by molar-refractivity contribution is 7.09. The summed E-state index contributed by atoms with van der Waals surface area (Å²) in [4.78, 5) is 1.53. The highest BCUT2D eigenvalue weighted by Crippen LogP contribution is 2.31. The second-order valence-corrected chi connectivity index (χ2v) is 5.67. The van der Waals surface area contributed by atoms with Crippen LogP contribution < -0.4 is 5.32 Å². The average molecular weight is 223 g/mol. The van der Waals surface area contributed by atoms with Gasteiger partial charge in [-0.3, -0.25) is 0 Å². The minimum atomic E-state index is 0.734. The maximum Gasteiger partial charge on any atom is 0.00701 e. The third-order valence-corrected chi connectivity index (χ3v) is 4.51. The Hall–Kier alpha value is -0.340. The molecule has 2 rings (SSSR count). The van der Waals surface area contributed by atoms with Crippen molar-refractivity contribution in [3.8, 4) is 0 Å². The SMILES string of the molecule is CNC(CCc1cccs1)CC1CCC1. The smallest absolute Gasteiger partial charge is 0.00701 e. The molecule has 1 saturated carbocycles.